The van der Waals surface area contributed by atoms with Crippen molar-refractivity contribution < 1.29 is 9.18 Å². The molecule has 104 valence electrons. The van der Waals surface area contributed by atoms with E-state index in [9.17, 15) is 9.18 Å². The summed E-state index contributed by atoms with van der Waals surface area (Å²) >= 11 is 3.25. The second-order valence-electron chi connectivity index (χ2n) is 4.90. The Kier molecular flexibility index (Phi) is 3.84. The Bertz CT molecular complexity index is 801. The lowest BCUT2D eigenvalue weighted by molar-refractivity contribution is 0.0994. The van der Waals surface area contributed by atoms with Crippen molar-refractivity contribution in [1.82, 2.24) is 0 Å². The fourth-order valence-electron chi connectivity index (χ4n) is 2.46. The fourth-order valence-corrected chi connectivity index (χ4v) is 2.97. The van der Waals surface area contributed by atoms with Gasteiger partial charge < -0.3 is 0 Å². The highest BCUT2D eigenvalue weighted by atomic mass is 79.9. The number of hydrogen-bond donors (Lipinski definition) is 0. The molecule has 3 aromatic rings. The summed E-state index contributed by atoms with van der Waals surface area (Å²) in [6.45, 7) is 0. The summed E-state index contributed by atoms with van der Waals surface area (Å²) in [6.07, 6.45) is 0.185. The molecule has 0 aliphatic carbocycles. The largest absolute Gasteiger partial charge is 0.294 e. The Morgan fingerprint density at radius 2 is 1.76 bits per heavy atom. The van der Waals surface area contributed by atoms with Crippen LogP contribution in [-0.4, -0.2) is 5.78 Å². The van der Waals surface area contributed by atoms with E-state index in [1.165, 1.54) is 12.1 Å². The molecule has 3 heteroatoms. The van der Waals surface area contributed by atoms with Crippen molar-refractivity contribution in [2.24, 2.45) is 0 Å². The van der Waals surface area contributed by atoms with E-state index in [0.717, 1.165) is 10.8 Å². The number of carbonyl (C=O) groups excluding carboxylic acids is 1. The van der Waals surface area contributed by atoms with Crippen LogP contribution in [0.15, 0.2) is 65.1 Å². The Morgan fingerprint density at radius 1 is 1.00 bits per heavy atom. The van der Waals surface area contributed by atoms with Crippen LogP contribution >= 0.6 is 15.9 Å². The first-order chi connectivity index (χ1) is 10.1. The quantitative estimate of drug-likeness (QED) is 0.600. The normalized spacial score (nSPS) is 10.8. The van der Waals surface area contributed by atoms with Gasteiger partial charge in [0.05, 0.1) is 0 Å². The van der Waals surface area contributed by atoms with Gasteiger partial charge in [0.15, 0.2) is 5.78 Å². The van der Waals surface area contributed by atoms with Gasteiger partial charge in [0, 0.05) is 16.5 Å². The summed E-state index contributed by atoms with van der Waals surface area (Å²) < 4.78 is 14.0. The van der Waals surface area contributed by atoms with E-state index in [1.54, 1.807) is 6.07 Å². The predicted molar refractivity (Wildman–Crippen MR) is 86.1 cm³/mol. The predicted octanol–water partition coefficient (Wildman–Crippen LogP) is 5.17. The third-order valence-corrected chi connectivity index (χ3v) is 3.83. The van der Waals surface area contributed by atoms with Crippen LogP contribution in [-0.2, 0) is 6.42 Å². The Hall–Kier alpha value is -2.00. The van der Waals surface area contributed by atoms with Gasteiger partial charge in [-0.15, -0.1) is 0 Å². The lowest BCUT2D eigenvalue weighted by Crippen LogP contribution is -2.04. The number of fused-ring (bicyclic) bond motifs is 1. The number of benzene rings is 3. The van der Waals surface area contributed by atoms with Crippen molar-refractivity contribution in [3.05, 3.63) is 82.1 Å². The lowest BCUT2D eigenvalue weighted by atomic mass is 9.97. The van der Waals surface area contributed by atoms with Gasteiger partial charge in [-0.1, -0.05) is 58.4 Å². The van der Waals surface area contributed by atoms with E-state index in [0.29, 0.717) is 15.6 Å². The molecule has 21 heavy (non-hydrogen) atoms. The van der Waals surface area contributed by atoms with Crippen molar-refractivity contribution in [2.75, 3.05) is 0 Å². The minimum Gasteiger partial charge on any atom is -0.294 e. The van der Waals surface area contributed by atoms with Crippen LogP contribution in [0.2, 0.25) is 0 Å². The smallest absolute Gasteiger partial charge is 0.167 e. The van der Waals surface area contributed by atoms with Crippen LogP contribution in [0.4, 0.5) is 4.39 Å². The van der Waals surface area contributed by atoms with E-state index in [2.05, 4.69) is 15.9 Å². The Balaban J connectivity index is 1.97. The second-order valence-corrected chi connectivity index (χ2v) is 5.82. The van der Waals surface area contributed by atoms with Gasteiger partial charge >= 0.3 is 0 Å². The summed E-state index contributed by atoms with van der Waals surface area (Å²) in [4.78, 5) is 12.5. The van der Waals surface area contributed by atoms with Crippen LogP contribution in [0.5, 0.6) is 0 Å². The van der Waals surface area contributed by atoms with E-state index in [4.69, 9.17) is 0 Å². The van der Waals surface area contributed by atoms with Crippen LogP contribution < -0.4 is 0 Å². The molecule has 0 N–H and O–H groups in total. The van der Waals surface area contributed by atoms with Crippen molar-refractivity contribution >= 4 is 32.5 Å². The molecule has 0 bridgehead atoms. The van der Waals surface area contributed by atoms with Gasteiger partial charge in [-0.05, 0) is 34.5 Å². The van der Waals surface area contributed by atoms with Gasteiger partial charge in [0.2, 0.25) is 0 Å². The molecule has 3 aromatic carbocycles. The minimum absolute atomic E-state index is 0.00991. The van der Waals surface area contributed by atoms with Crippen LogP contribution in [0.3, 0.4) is 0 Å². The topological polar surface area (TPSA) is 17.1 Å². The zero-order valence-corrected chi connectivity index (χ0v) is 12.7. The average molecular weight is 343 g/mol. The molecule has 0 radical (unpaired) electrons. The van der Waals surface area contributed by atoms with Gasteiger partial charge in [0.1, 0.15) is 5.82 Å². The first-order valence-corrected chi connectivity index (χ1v) is 7.39. The first-order valence-electron chi connectivity index (χ1n) is 6.59. The van der Waals surface area contributed by atoms with Gasteiger partial charge in [0.25, 0.3) is 0 Å². The molecule has 1 nitrogen and oxygen atoms in total. The summed E-state index contributed by atoms with van der Waals surface area (Å²) in [5.41, 5.74) is 1.34. The molecule has 0 unspecified atom stereocenters. The number of halogens is 2. The van der Waals surface area contributed by atoms with E-state index in [-0.39, 0.29) is 18.0 Å². The number of Topliss-reactive ketones (excluding diaryl/α,β-unsaturated/α-hetero) is 1. The SMILES string of the molecule is O=C(Cc1cc(F)cc(Br)c1)c1cccc2ccccc12. The van der Waals surface area contributed by atoms with Crippen molar-refractivity contribution in [1.29, 1.82) is 0 Å². The minimum atomic E-state index is -0.343. The zero-order chi connectivity index (χ0) is 14.8. The molecule has 0 heterocycles. The van der Waals surface area contributed by atoms with E-state index < -0.39 is 0 Å². The zero-order valence-electron chi connectivity index (χ0n) is 11.1. The first kappa shape index (κ1) is 14.0. The third kappa shape index (κ3) is 3.03. The average Bonchev–Trinajstić information content (AvgIpc) is 2.45. The molecule has 0 fully saturated rings. The maximum atomic E-state index is 13.4. The molecule has 0 aliphatic rings. The standard InChI is InChI=1S/C18H12BrFO/c19-14-8-12(9-15(20)11-14)10-18(21)17-7-3-5-13-4-1-2-6-16(13)17/h1-9,11H,10H2. The number of ketones is 1. The van der Waals surface area contributed by atoms with Crippen molar-refractivity contribution in [2.45, 2.75) is 6.42 Å². The summed E-state index contributed by atoms with van der Waals surface area (Å²) in [7, 11) is 0. The molecule has 0 atom stereocenters. The molecule has 0 aromatic heterocycles. The van der Waals surface area contributed by atoms with Crippen molar-refractivity contribution in [3.63, 3.8) is 0 Å². The van der Waals surface area contributed by atoms with E-state index in [1.807, 2.05) is 42.5 Å². The summed E-state index contributed by atoms with van der Waals surface area (Å²) in [5.74, 6) is -0.352. The summed E-state index contributed by atoms with van der Waals surface area (Å²) in [6, 6.07) is 18.0. The molecular formula is C18H12BrFO. The number of hydrogen-bond acceptors (Lipinski definition) is 1. The maximum absolute atomic E-state index is 13.4. The maximum Gasteiger partial charge on any atom is 0.167 e. The lowest BCUT2D eigenvalue weighted by Gasteiger charge is -2.06. The monoisotopic (exact) mass is 342 g/mol. The summed E-state index contributed by atoms with van der Waals surface area (Å²) in [5, 5.41) is 1.96. The molecular weight excluding hydrogens is 331 g/mol. The van der Waals surface area contributed by atoms with Crippen LogP contribution in [0, 0.1) is 5.82 Å². The molecule has 0 saturated heterocycles. The fraction of sp³-hybridized carbons (Fsp3) is 0.0556. The van der Waals surface area contributed by atoms with Gasteiger partial charge in [-0.2, -0.15) is 0 Å². The highest BCUT2D eigenvalue weighted by molar-refractivity contribution is 9.10. The number of carbonyl (C=O) groups is 1. The Labute approximate surface area is 130 Å². The molecule has 3 rings (SSSR count). The Morgan fingerprint density at radius 3 is 2.57 bits per heavy atom. The second kappa shape index (κ2) is 5.78. The van der Waals surface area contributed by atoms with Crippen LogP contribution in [0.1, 0.15) is 15.9 Å². The molecule has 0 amide bonds. The number of rotatable bonds is 3. The molecule has 0 aliphatic heterocycles. The highest BCUT2D eigenvalue weighted by Gasteiger charge is 2.11. The third-order valence-electron chi connectivity index (χ3n) is 3.38. The molecule has 0 spiro atoms. The van der Waals surface area contributed by atoms with E-state index >= 15 is 0 Å². The van der Waals surface area contributed by atoms with Crippen LogP contribution in [0.25, 0.3) is 10.8 Å². The highest BCUT2D eigenvalue weighted by Crippen LogP contribution is 2.21. The molecule has 0 saturated carbocycles. The van der Waals surface area contributed by atoms with Gasteiger partial charge in [-0.25, -0.2) is 4.39 Å². The van der Waals surface area contributed by atoms with Crippen molar-refractivity contribution in [3.8, 4) is 0 Å². The van der Waals surface area contributed by atoms with Gasteiger partial charge in [-0.3, -0.25) is 4.79 Å².